The molecule has 0 aliphatic heterocycles. The van der Waals surface area contributed by atoms with Crippen LogP contribution in [0.4, 0.5) is 4.39 Å². The maximum absolute atomic E-state index is 13.3. The Labute approximate surface area is 161 Å². The molecule has 0 fully saturated rings. The lowest BCUT2D eigenvalue weighted by atomic mass is 10.1. The van der Waals surface area contributed by atoms with Gasteiger partial charge in [0.25, 0.3) is 5.91 Å². The van der Waals surface area contributed by atoms with Crippen LogP contribution < -0.4 is 5.32 Å². The van der Waals surface area contributed by atoms with Crippen molar-refractivity contribution in [2.75, 3.05) is 20.3 Å². The molecule has 0 saturated carbocycles. The smallest absolute Gasteiger partial charge is 0.270 e. The molecule has 7 heteroatoms. The number of hydrogen-bond acceptors (Lipinski definition) is 3. The number of halogens is 2. The van der Waals surface area contributed by atoms with Crippen LogP contribution in [0.1, 0.15) is 16.9 Å². The molecule has 0 unspecified atom stereocenters. The summed E-state index contributed by atoms with van der Waals surface area (Å²) >= 11 is 6.27. The largest absolute Gasteiger partial charge is 0.385 e. The number of benzene rings is 2. The van der Waals surface area contributed by atoms with Gasteiger partial charge in [0.2, 0.25) is 0 Å². The summed E-state index contributed by atoms with van der Waals surface area (Å²) in [7, 11) is 1.61. The number of rotatable bonds is 7. The summed E-state index contributed by atoms with van der Waals surface area (Å²) in [5.41, 5.74) is 2.20. The Balaban J connectivity index is 1.98. The van der Waals surface area contributed by atoms with Crippen molar-refractivity contribution in [1.82, 2.24) is 15.1 Å². The number of methoxy groups -OCH3 is 1. The van der Waals surface area contributed by atoms with Crippen molar-refractivity contribution in [3.05, 3.63) is 71.1 Å². The Morgan fingerprint density at radius 1 is 1.22 bits per heavy atom. The predicted molar refractivity (Wildman–Crippen MR) is 103 cm³/mol. The van der Waals surface area contributed by atoms with Gasteiger partial charge in [-0.15, -0.1) is 0 Å². The first-order chi connectivity index (χ1) is 13.1. The van der Waals surface area contributed by atoms with Gasteiger partial charge < -0.3 is 10.1 Å². The molecule has 0 aliphatic rings. The zero-order chi connectivity index (χ0) is 19.2. The zero-order valence-electron chi connectivity index (χ0n) is 14.8. The van der Waals surface area contributed by atoms with E-state index < -0.39 is 0 Å². The molecule has 0 atom stereocenters. The summed E-state index contributed by atoms with van der Waals surface area (Å²) in [6.45, 7) is 1.03. The third kappa shape index (κ3) is 4.53. The monoisotopic (exact) mass is 387 g/mol. The minimum absolute atomic E-state index is 0.277. The topological polar surface area (TPSA) is 56.1 Å². The van der Waals surface area contributed by atoms with Crippen LogP contribution in [-0.2, 0) is 4.74 Å². The van der Waals surface area contributed by atoms with E-state index in [-0.39, 0.29) is 11.7 Å². The summed E-state index contributed by atoms with van der Waals surface area (Å²) in [5, 5.41) is 7.91. The molecule has 3 aromatic rings. The van der Waals surface area contributed by atoms with Crippen LogP contribution in [0.15, 0.2) is 54.6 Å². The van der Waals surface area contributed by atoms with Crippen LogP contribution >= 0.6 is 11.6 Å². The Morgan fingerprint density at radius 3 is 2.67 bits per heavy atom. The van der Waals surface area contributed by atoms with Gasteiger partial charge in [0.15, 0.2) is 0 Å². The lowest BCUT2D eigenvalue weighted by Crippen LogP contribution is -2.27. The molecule has 3 rings (SSSR count). The first kappa shape index (κ1) is 19.1. The highest BCUT2D eigenvalue weighted by molar-refractivity contribution is 6.33. The van der Waals surface area contributed by atoms with Crippen LogP contribution in [0.2, 0.25) is 5.02 Å². The Morgan fingerprint density at radius 2 is 1.96 bits per heavy atom. The van der Waals surface area contributed by atoms with Crippen LogP contribution in [-0.4, -0.2) is 35.9 Å². The minimum atomic E-state index is -0.359. The summed E-state index contributed by atoms with van der Waals surface area (Å²) in [4.78, 5) is 12.7. The normalized spacial score (nSPS) is 10.8. The number of carbonyl (C=O) groups excluding carboxylic acids is 1. The fourth-order valence-electron chi connectivity index (χ4n) is 2.63. The van der Waals surface area contributed by atoms with Crippen molar-refractivity contribution >= 4 is 17.5 Å². The average Bonchev–Trinajstić information content (AvgIpc) is 3.11. The molecule has 5 nitrogen and oxygen atoms in total. The number of carbonyl (C=O) groups is 1. The second-order valence-electron chi connectivity index (χ2n) is 5.89. The van der Waals surface area contributed by atoms with Crippen LogP contribution in [0.3, 0.4) is 0 Å². The molecule has 1 heterocycles. The van der Waals surface area contributed by atoms with Crippen molar-refractivity contribution in [2.45, 2.75) is 6.42 Å². The van der Waals surface area contributed by atoms with Crippen molar-refractivity contribution in [3.63, 3.8) is 0 Å². The number of nitrogens with zero attached hydrogens (tertiary/aromatic N) is 2. The summed E-state index contributed by atoms with van der Waals surface area (Å²) in [6, 6.07) is 14.7. The van der Waals surface area contributed by atoms with Gasteiger partial charge in [0, 0.05) is 25.8 Å². The SMILES string of the molecule is COCCCNC(=O)c1cc(-c2ccccc2Cl)nn1-c1ccc(F)cc1. The van der Waals surface area contributed by atoms with E-state index in [1.807, 2.05) is 18.2 Å². The maximum Gasteiger partial charge on any atom is 0.270 e. The molecule has 2 aromatic carbocycles. The van der Waals surface area contributed by atoms with Gasteiger partial charge in [-0.2, -0.15) is 5.10 Å². The van der Waals surface area contributed by atoms with E-state index >= 15 is 0 Å². The summed E-state index contributed by atoms with van der Waals surface area (Å²) < 4.78 is 19.8. The Kier molecular flexibility index (Phi) is 6.21. The molecular weight excluding hydrogens is 369 g/mol. The predicted octanol–water partition coefficient (Wildman–Crippen LogP) is 4.10. The van der Waals surface area contributed by atoms with E-state index in [1.165, 1.54) is 16.8 Å². The van der Waals surface area contributed by atoms with Gasteiger partial charge in [0.05, 0.1) is 16.4 Å². The van der Waals surface area contributed by atoms with Crippen LogP contribution in [0.25, 0.3) is 16.9 Å². The van der Waals surface area contributed by atoms with Gasteiger partial charge in [-0.1, -0.05) is 29.8 Å². The van der Waals surface area contributed by atoms with Crippen molar-refractivity contribution < 1.29 is 13.9 Å². The third-order valence-corrected chi connectivity index (χ3v) is 4.30. The quantitative estimate of drug-likeness (QED) is 0.621. The number of amides is 1. The number of aromatic nitrogens is 2. The van der Waals surface area contributed by atoms with Crippen LogP contribution in [0, 0.1) is 5.82 Å². The second-order valence-corrected chi connectivity index (χ2v) is 6.29. The lowest BCUT2D eigenvalue weighted by Gasteiger charge is -2.08. The molecule has 0 radical (unpaired) electrons. The third-order valence-electron chi connectivity index (χ3n) is 3.97. The minimum Gasteiger partial charge on any atom is -0.385 e. The molecule has 27 heavy (non-hydrogen) atoms. The van der Waals surface area contributed by atoms with Gasteiger partial charge in [-0.05, 0) is 42.8 Å². The molecule has 1 N–H and O–H groups in total. The Hall–Kier alpha value is -2.70. The first-order valence-electron chi connectivity index (χ1n) is 8.48. The van der Waals surface area contributed by atoms with Crippen molar-refractivity contribution in [2.24, 2.45) is 0 Å². The number of hydrogen-bond donors (Lipinski definition) is 1. The fourth-order valence-corrected chi connectivity index (χ4v) is 2.86. The van der Waals surface area contributed by atoms with Gasteiger partial charge in [-0.25, -0.2) is 9.07 Å². The molecule has 0 spiro atoms. The van der Waals surface area contributed by atoms with Gasteiger partial charge >= 0.3 is 0 Å². The molecule has 1 aromatic heterocycles. The van der Waals surface area contributed by atoms with Gasteiger partial charge in [0.1, 0.15) is 11.5 Å². The second kappa shape index (κ2) is 8.79. The first-order valence-corrected chi connectivity index (χ1v) is 8.86. The summed E-state index contributed by atoms with van der Waals surface area (Å²) in [6.07, 6.45) is 0.699. The van der Waals surface area contributed by atoms with E-state index in [9.17, 15) is 9.18 Å². The standard InChI is InChI=1S/C20H19ClFN3O2/c1-27-12-4-11-23-20(26)19-13-18(16-5-2-3-6-17(16)21)24-25(19)15-9-7-14(22)8-10-15/h2-3,5-10,13H,4,11-12H2,1H3,(H,23,26). The zero-order valence-corrected chi connectivity index (χ0v) is 15.5. The summed E-state index contributed by atoms with van der Waals surface area (Å²) in [5.74, 6) is -0.635. The van der Waals surface area contributed by atoms with E-state index in [0.29, 0.717) is 47.2 Å². The highest BCUT2D eigenvalue weighted by atomic mass is 35.5. The molecule has 140 valence electrons. The van der Waals surface area contributed by atoms with Gasteiger partial charge in [-0.3, -0.25) is 4.79 Å². The Bertz CT molecular complexity index is 925. The van der Waals surface area contributed by atoms with Crippen LogP contribution in [0.5, 0.6) is 0 Å². The highest BCUT2D eigenvalue weighted by Crippen LogP contribution is 2.28. The molecular formula is C20H19ClFN3O2. The molecule has 0 saturated heterocycles. The van der Waals surface area contributed by atoms with E-state index in [0.717, 1.165) is 0 Å². The average molecular weight is 388 g/mol. The maximum atomic E-state index is 13.3. The molecule has 0 bridgehead atoms. The van der Waals surface area contributed by atoms with Crippen molar-refractivity contribution in [3.8, 4) is 16.9 Å². The molecule has 0 aliphatic carbocycles. The highest BCUT2D eigenvalue weighted by Gasteiger charge is 2.18. The van der Waals surface area contributed by atoms with E-state index in [1.54, 1.807) is 31.4 Å². The van der Waals surface area contributed by atoms with E-state index in [4.69, 9.17) is 16.3 Å². The number of ether oxygens (including phenoxy) is 1. The number of nitrogens with one attached hydrogen (secondary N) is 1. The fraction of sp³-hybridized carbons (Fsp3) is 0.200. The lowest BCUT2D eigenvalue weighted by molar-refractivity contribution is 0.0941. The van der Waals surface area contributed by atoms with Crippen molar-refractivity contribution in [1.29, 1.82) is 0 Å². The van der Waals surface area contributed by atoms with E-state index in [2.05, 4.69) is 10.4 Å². The molecule has 1 amide bonds.